The highest BCUT2D eigenvalue weighted by atomic mass is 16.3. The summed E-state index contributed by atoms with van der Waals surface area (Å²) in [6.45, 7) is 0. The van der Waals surface area contributed by atoms with Gasteiger partial charge in [-0.2, -0.15) is 0 Å². The van der Waals surface area contributed by atoms with Gasteiger partial charge in [0.1, 0.15) is 24.8 Å². The largest absolute Gasteiger partial charge is 0.853 e. The minimum Gasteiger partial charge on any atom is -0.853 e. The Morgan fingerprint density at radius 1 is 0.846 bits per heavy atom. The van der Waals surface area contributed by atoms with Crippen molar-refractivity contribution in [3.05, 3.63) is 36.4 Å². The molecular weight excluding hydrogens is 332 g/mol. The lowest BCUT2D eigenvalue weighted by atomic mass is 9.92. The molecule has 8 heteroatoms. The van der Waals surface area contributed by atoms with Crippen molar-refractivity contribution in [2.24, 2.45) is 38.2 Å². The number of aryl methyl sites for hydroxylation is 4. The molecule has 0 spiro atoms. The Kier molecular flexibility index (Phi) is 5.11. The highest BCUT2D eigenvalue weighted by molar-refractivity contribution is 5.86. The molecule has 0 radical (unpaired) electrons. The van der Waals surface area contributed by atoms with Crippen LogP contribution in [-0.4, -0.2) is 33.0 Å². The first-order chi connectivity index (χ1) is 12.4. The number of nitrogens with zero attached hydrogens (tertiary/aromatic N) is 6. The van der Waals surface area contributed by atoms with E-state index in [2.05, 4.69) is 9.98 Å². The third kappa shape index (κ3) is 3.63. The first-order valence-electron chi connectivity index (χ1n) is 8.89. The van der Waals surface area contributed by atoms with E-state index in [-0.39, 0.29) is 23.9 Å². The van der Waals surface area contributed by atoms with Gasteiger partial charge in [0.05, 0.1) is 40.0 Å². The molecule has 3 rings (SSSR count). The molecule has 0 N–H and O–H groups in total. The Labute approximate surface area is 153 Å². The Morgan fingerprint density at radius 3 is 1.46 bits per heavy atom. The molecule has 1 aliphatic rings. The molecule has 2 aromatic heterocycles. The number of hydrogen-bond acceptors (Lipinski definition) is 4. The first-order valence-corrected chi connectivity index (χ1v) is 8.89. The van der Waals surface area contributed by atoms with Crippen LogP contribution in [0.4, 0.5) is 0 Å². The highest BCUT2D eigenvalue weighted by Gasteiger charge is 2.22. The Hall–Kier alpha value is -2.64. The van der Waals surface area contributed by atoms with Gasteiger partial charge >= 0.3 is 0 Å². The van der Waals surface area contributed by atoms with E-state index in [9.17, 15) is 10.2 Å². The lowest BCUT2D eigenvalue weighted by Crippen LogP contribution is -2.41. The van der Waals surface area contributed by atoms with E-state index in [1.165, 1.54) is 0 Å². The van der Waals surface area contributed by atoms with Crippen molar-refractivity contribution in [3.63, 3.8) is 0 Å². The highest BCUT2D eigenvalue weighted by Crippen LogP contribution is 2.24. The van der Waals surface area contributed by atoms with Crippen LogP contribution < -0.4 is 19.3 Å². The second-order valence-electron chi connectivity index (χ2n) is 7.02. The maximum atomic E-state index is 12.4. The molecule has 0 aliphatic heterocycles. The standard InChI is InChI=1S/C18H26N6O2/c1-21-9-10-22(2)17(21)15(25)19-13-5-7-14(8-6-13)20-16(26)18-23(3)11-12-24(18)4/h9-14H,5-8H2,1-4H3. The van der Waals surface area contributed by atoms with Gasteiger partial charge in [0, 0.05) is 12.1 Å². The summed E-state index contributed by atoms with van der Waals surface area (Å²) in [4.78, 5) is 8.75. The van der Waals surface area contributed by atoms with Crippen molar-refractivity contribution in [1.29, 1.82) is 0 Å². The number of hydrogen-bond donors (Lipinski definition) is 0. The molecule has 2 heterocycles. The molecule has 1 fully saturated rings. The van der Waals surface area contributed by atoms with Crippen molar-refractivity contribution in [3.8, 4) is 0 Å². The van der Waals surface area contributed by atoms with Crippen molar-refractivity contribution in [2.75, 3.05) is 0 Å². The van der Waals surface area contributed by atoms with Gasteiger partial charge in [-0.25, -0.2) is 18.3 Å². The number of aromatic nitrogens is 4. The predicted molar refractivity (Wildman–Crippen MR) is 92.3 cm³/mol. The zero-order valence-electron chi connectivity index (χ0n) is 15.8. The molecule has 2 aromatic rings. The maximum absolute atomic E-state index is 12.4. The zero-order chi connectivity index (χ0) is 18.8. The molecule has 1 aliphatic carbocycles. The molecule has 0 unspecified atom stereocenters. The lowest BCUT2D eigenvalue weighted by Gasteiger charge is -2.26. The average Bonchev–Trinajstić information content (AvgIpc) is 3.10. The summed E-state index contributed by atoms with van der Waals surface area (Å²) in [5.74, 6) is 0.769. The molecule has 0 saturated heterocycles. The summed E-state index contributed by atoms with van der Waals surface area (Å²) in [6, 6.07) is 0.00944. The van der Waals surface area contributed by atoms with E-state index in [4.69, 9.17) is 0 Å². The van der Waals surface area contributed by atoms with Crippen LogP contribution in [0.2, 0.25) is 0 Å². The molecule has 0 bridgehead atoms. The quantitative estimate of drug-likeness (QED) is 0.368. The van der Waals surface area contributed by atoms with Crippen molar-refractivity contribution < 1.29 is 19.3 Å². The van der Waals surface area contributed by atoms with Gasteiger partial charge in [0.15, 0.2) is 0 Å². The average molecular weight is 358 g/mol. The zero-order valence-corrected chi connectivity index (χ0v) is 15.8. The van der Waals surface area contributed by atoms with E-state index in [1.807, 2.05) is 53.0 Å². The molecule has 8 nitrogen and oxygen atoms in total. The summed E-state index contributed by atoms with van der Waals surface area (Å²) in [5.41, 5.74) is 0. The molecule has 1 saturated carbocycles. The third-order valence-corrected chi connectivity index (χ3v) is 5.01. The van der Waals surface area contributed by atoms with Crippen LogP contribution in [0.1, 0.15) is 37.3 Å². The number of imidazole rings is 2. The Bertz CT molecular complexity index is 731. The minimum absolute atomic E-state index is 0.00472. The molecule has 140 valence electrons. The van der Waals surface area contributed by atoms with Crippen LogP contribution >= 0.6 is 0 Å². The maximum Gasteiger partial charge on any atom is 0.291 e. The monoisotopic (exact) mass is 358 g/mol. The van der Waals surface area contributed by atoms with E-state index < -0.39 is 0 Å². The minimum atomic E-state index is -0.188. The smallest absolute Gasteiger partial charge is 0.291 e. The van der Waals surface area contributed by atoms with Crippen molar-refractivity contribution >= 4 is 11.8 Å². The van der Waals surface area contributed by atoms with Crippen molar-refractivity contribution in [1.82, 2.24) is 9.13 Å². The molecule has 0 aromatic carbocycles. The molecule has 0 atom stereocenters. The second kappa shape index (κ2) is 7.31. The van der Waals surface area contributed by atoms with Gasteiger partial charge in [-0.3, -0.25) is 9.98 Å². The van der Waals surface area contributed by atoms with Crippen LogP contribution in [0.3, 0.4) is 0 Å². The fourth-order valence-electron chi connectivity index (χ4n) is 3.55. The van der Waals surface area contributed by atoms with Crippen LogP contribution in [0, 0.1) is 0 Å². The van der Waals surface area contributed by atoms with Crippen LogP contribution in [-0.2, 0) is 28.2 Å². The van der Waals surface area contributed by atoms with E-state index >= 15 is 0 Å². The lowest BCUT2D eigenvalue weighted by molar-refractivity contribution is -0.674. The molecule has 26 heavy (non-hydrogen) atoms. The van der Waals surface area contributed by atoms with Crippen molar-refractivity contribution in [2.45, 2.75) is 37.8 Å². The van der Waals surface area contributed by atoms with Gasteiger partial charge in [-0.1, -0.05) is 0 Å². The predicted octanol–water partition coefficient (Wildman–Crippen LogP) is -1.76. The van der Waals surface area contributed by atoms with E-state index in [0.717, 1.165) is 25.7 Å². The number of rotatable bonds is 4. The van der Waals surface area contributed by atoms with E-state index in [0.29, 0.717) is 11.6 Å². The fraction of sp³-hybridized carbons (Fsp3) is 0.556. The number of aliphatic imine (C=N–C) groups is 2. The van der Waals surface area contributed by atoms with Gasteiger partial charge in [-0.15, -0.1) is 0 Å². The Balaban J connectivity index is 1.64. The normalized spacial score (nSPS) is 22.0. The van der Waals surface area contributed by atoms with Gasteiger partial charge < -0.3 is 10.2 Å². The van der Waals surface area contributed by atoms with Crippen LogP contribution in [0.25, 0.3) is 0 Å². The molecular formula is C18H26N6O2. The Morgan fingerprint density at radius 2 is 1.19 bits per heavy atom. The van der Waals surface area contributed by atoms with Gasteiger partial charge in [-0.05, 0) is 25.7 Å². The SMILES string of the molecule is Cn1cc[n+](C)c1C([O-])=NC1CCC(N=C([O-])c2n(C)cc[n+]2C)CC1. The van der Waals surface area contributed by atoms with Gasteiger partial charge in [0.2, 0.25) is 0 Å². The summed E-state index contributed by atoms with van der Waals surface area (Å²) in [6.07, 6.45) is 10.5. The second-order valence-corrected chi connectivity index (χ2v) is 7.02. The summed E-state index contributed by atoms with van der Waals surface area (Å²) >= 11 is 0. The molecule has 0 amide bonds. The summed E-state index contributed by atoms with van der Waals surface area (Å²) in [5, 5.41) is 24.8. The van der Waals surface area contributed by atoms with Gasteiger partial charge in [0.25, 0.3) is 11.6 Å². The first kappa shape index (κ1) is 18.2. The van der Waals surface area contributed by atoms with Crippen LogP contribution in [0.5, 0.6) is 0 Å². The topological polar surface area (TPSA) is 88.5 Å². The summed E-state index contributed by atoms with van der Waals surface area (Å²) in [7, 11) is 7.36. The summed E-state index contributed by atoms with van der Waals surface area (Å²) < 4.78 is 7.13. The van der Waals surface area contributed by atoms with Crippen LogP contribution in [0.15, 0.2) is 34.8 Å². The van der Waals surface area contributed by atoms with E-state index in [1.54, 1.807) is 18.3 Å². The third-order valence-electron chi connectivity index (χ3n) is 5.01. The fourth-order valence-corrected chi connectivity index (χ4v) is 3.55.